The Balaban J connectivity index is -0.000000773. The third kappa shape index (κ3) is 19.2. The van der Waals surface area contributed by atoms with Gasteiger partial charge in [0, 0.05) is 37.1 Å². The van der Waals surface area contributed by atoms with Gasteiger partial charge in [-0.2, -0.15) is 9.59 Å². The molecule has 21 heteroatoms. The van der Waals surface area contributed by atoms with Crippen LogP contribution in [0.3, 0.4) is 0 Å². The van der Waals surface area contributed by atoms with Crippen LogP contribution in [-0.4, -0.2) is 75.0 Å². The third-order valence-corrected chi connectivity index (χ3v) is 6.98. The van der Waals surface area contributed by atoms with Crippen LogP contribution in [-0.2, 0) is 25.5 Å². The Morgan fingerprint density at radius 3 is 1.54 bits per heavy atom. The van der Waals surface area contributed by atoms with Crippen molar-refractivity contribution in [2.24, 2.45) is 0 Å². The minimum Gasteiger partial charge on any atom is -0.462 e. The number of carbonyl (C=O) groups excluding carboxylic acids is 4. The summed E-state index contributed by atoms with van der Waals surface area (Å²) in [7, 11) is 3.42. The molecule has 1 aromatic heterocycles. The van der Waals surface area contributed by atoms with E-state index in [1.54, 1.807) is 32.8 Å². The summed E-state index contributed by atoms with van der Waals surface area (Å²) >= 11 is 0. The molecule has 1 heterocycles. The molecule has 0 amide bonds. The van der Waals surface area contributed by atoms with Gasteiger partial charge >= 0.3 is 18.1 Å². The van der Waals surface area contributed by atoms with Crippen molar-refractivity contribution in [2.45, 2.75) is 75.7 Å². The Bertz CT molecular complexity index is 2120. The number of esters is 2. The van der Waals surface area contributed by atoms with E-state index in [4.69, 9.17) is 20.1 Å². The van der Waals surface area contributed by atoms with Crippen molar-refractivity contribution in [3.05, 3.63) is 123 Å². The molecule has 0 bridgehead atoms. The van der Waals surface area contributed by atoms with Crippen molar-refractivity contribution in [3.63, 3.8) is 0 Å². The standard InChI is InChI=1S/C13H15N3O6.C10H10N2O6.C10H12N2.3C2H6.CO2/c1-4-22-13(17)10-7-9(5-6-14(2)3)11(15(18)19)8-12(10)16(20)21;1-3-18-10(13)7-4-6(2)8(11(14)15)5-9(7)12(16)17;1-2-7-5-8-3-4-12-10(8)6-9(7)11;3*1-2;2-1-3/h5-8H,4H2,1-3H3;4-5H,3H2,1-2H3;3-6,12H,2,11H2,1H3;3*1-2H3;/b6-5+;;;;;;. The number of aromatic nitrogens is 1. The number of ether oxygens (including phenoxy) is 2. The number of fused-ring (bicyclic) bond motifs is 1. The van der Waals surface area contributed by atoms with E-state index in [0.29, 0.717) is 0 Å². The van der Waals surface area contributed by atoms with Crippen LogP contribution < -0.4 is 5.73 Å². The molecular weight excluding hydrogens is 802 g/mol. The fraction of sp³-hybridized carbons (Fsp3) is 0.375. The smallest absolute Gasteiger partial charge is 0.373 e. The number of H-pyrrole nitrogens is 1. The molecular formula is C40H55N7O14. The van der Waals surface area contributed by atoms with Crippen LogP contribution >= 0.6 is 0 Å². The maximum absolute atomic E-state index is 11.8. The molecule has 0 aliphatic rings. The van der Waals surface area contributed by atoms with Crippen LogP contribution in [0.25, 0.3) is 17.0 Å². The van der Waals surface area contributed by atoms with Crippen molar-refractivity contribution < 1.29 is 48.3 Å². The topological polar surface area (TPSA) is 304 Å². The van der Waals surface area contributed by atoms with Gasteiger partial charge in [0.05, 0.1) is 50.6 Å². The first-order valence-electron chi connectivity index (χ1n) is 18.8. The second kappa shape index (κ2) is 31.5. The lowest BCUT2D eigenvalue weighted by Gasteiger charge is -2.07. The minimum atomic E-state index is -0.899. The first-order chi connectivity index (χ1) is 28.9. The van der Waals surface area contributed by atoms with Crippen molar-refractivity contribution >= 4 is 63.5 Å². The fourth-order valence-electron chi connectivity index (χ4n) is 4.51. The Hall–Kier alpha value is -7.54. The molecule has 0 atom stereocenters. The first kappa shape index (κ1) is 57.8. The van der Waals surface area contributed by atoms with E-state index < -0.39 is 54.4 Å². The number of nitro groups is 4. The zero-order valence-corrected chi connectivity index (χ0v) is 36.4. The van der Waals surface area contributed by atoms with Gasteiger partial charge in [0.25, 0.3) is 22.7 Å². The fourth-order valence-corrected chi connectivity index (χ4v) is 4.51. The van der Waals surface area contributed by atoms with Crippen molar-refractivity contribution in [2.75, 3.05) is 33.0 Å². The zero-order valence-electron chi connectivity index (χ0n) is 36.4. The molecule has 0 saturated carbocycles. The van der Waals surface area contributed by atoms with Gasteiger partial charge in [-0.1, -0.05) is 48.5 Å². The van der Waals surface area contributed by atoms with E-state index in [-0.39, 0.29) is 41.6 Å². The molecule has 0 spiro atoms. The maximum Gasteiger partial charge on any atom is 0.373 e. The molecule has 0 radical (unpaired) electrons. The second-order valence-corrected chi connectivity index (χ2v) is 10.9. The lowest BCUT2D eigenvalue weighted by atomic mass is 10.1. The van der Waals surface area contributed by atoms with Gasteiger partial charge < -0.3 is 25.1 Å². The molecule has 0 saturated heterocycles. The number of nitro benzene ring substituents is 4. The van der Waals surface area contributed by atoms with Crippen molar-refractivity contribution in [1.82, 2.24) is 9.88 Å². The highest BCUT2D eigenvalue weighted by atomic mass is 16.6. The monoisotopic (exact) mass is 857 g/mol. The number of nitrogens with two attached hydrogens (primary N) is 1. The molecule has 0 aliphatic carbocycles. The second-order valence-electron chi connectivity index (χ2n) is 10.9. The normalized spacial score (nSPS) is 9.25. The molecule has 21 nitrogen and oxygen atoms in total. The molecule has 3 aromatic carbocycles. The number of aryl methyl sites for hydroxylation is 2. The Kier molecular flexibility index (Phi) is 29.8. The van der Waals surface area contributed by atoms with Crippen LogP contribution in [0.5, 0.6) is 0 Å². The van der Waals surface area contributed by atoms with Gasteiger partial charge in [-0.3, -0.25) is 40.5 Å². The SMILES string of the molecule is CC.CC.CC.CCOC(=O)c1cc(/C=C/N(C)C)c([N+](=O)[O-])cc1[N+](=O)[O-].CCOC(=O)c1cc(C)c([N+](=O)[O-])cc1[N+](=O)[O-].CCc1cc2cc[nH]c2cc1N.O=C=O. The first-order valence-corrected chi connectivity index (χ1v) is 18.8. The summed E-state index contributed by atoms with van der Waals surface area (Å²) in [5.41, 5.74) is 6.52. The highest BCUT2D eigenvalue weighted by Gasteiger charge is 2.29. The largest absolute Gasteiger partial charge is 0.462 e. The predicted molar refractivity (Wildman–Crippen MR) is 230 cm³/mol. The Morgan fingerprint density at radius 1 is 0.721 bits per heavy atom. The number of anilines is 1. The lowest BCUT2D eigenvalue weighted by Crippen LogP contribution is -2.09. The number of nitrogen functional groups attached to an aromatic ring is 1. The van der Waals surface area contributed by atoms with E-state index in [1.165, 1.54) is 30.1 Å². The number of nitrogens with one attached hydrogen (secondary N) is 1. The molecule has 61 heavy (non-hydrogen) atoms. The van der Waals surface area contributed by atoms with Crippen LogP contribution in [0.2, 0.25) is 0 Å². The number of rotatable bonds is 11. The van der Waals surface area contributed by atoms with E-state index in [1.807, 2.05) is 53.8 Å². The predicted octanol–water partition coefficient (Wildman–Crippen LogP) is 9.01. The van der Waals surface area contributed by atoms with Crippen molar-refractivity contribution in [1.29, 1.82) is 0 Å². The summed E-state index contributed by atoms with van der Waals surface area (Å²) in [6, 6.07) is 9.91. The van der Waals surface area contributed by atoms with E-state index in [2.05, 4.69) is 28.8 Å². The van der Waals surface area contributed by atoms with E-state index in [9.17, 15) is 50.0 Å². The zero-order chi connectivity index (χ0) is 48.0. The number of carbonyl (C=O) groups is 2. The van der Waals surface area contributed by atoms with Gasteiger partial charge in [-0.05, 0) is 80.7 Å². The minimum absolute atomic E-state index is 0.0375. The Labute approximate surface area is 353 Å². The molecule has 0 fully saturated rings. The van der Waals surface area contributed by atoms with Crippen molar-refractivity contribution in [3.8, 4) is 0 Å². The number of hydrogen-bond acceptors (Lipinski definition) is 16. The maximum atomic E-state index is 11.8. The number of benzene rings is 3. The van der Waals surface area contributed by atoms with Crippen LogP contribution in [0.4, 0.5) is 28.4 Å². The van der Waals surface area contributed by atoms with Crippen LogP contribution in [0.1, 0.15) is 99.7 Å². The molecule has 4 rings (SSSR count). The lowest BCUT2D eigenvalue weighted by molar-refractivity contribution is -0.394. The van der Waals surface area contributed by atoms with E-state index >= 15 is 0 Å². The van der Waals surface area contributed by atoms with Gasteiger partial charge in [-0.15, -0.1) is 0 Å². The average molecular weight is 858 g/mol. The Morgan fingerprint density at radius 2 is 1.15 bits per heavy atom. The van der Waals surface area contributed by atoms with Gasteiger partial charge in [0.2, 0.25) is 0 Å². The van der Waals surface area contributed by atoms with Crippen LogP contribution in [0, 0.1) is 47.4 Å². The number of hydrogen-bond donors (Lipinski definition) is 2. The van der Waals surface area contributed by atoms with Gasteiger partial charge in [0.15, 0.2) is 0 Å². The molecule has 3 N–H and O–H groups in total. The molecule has 4 aromatic rings. The third-order valence-electron chi connectivity index (χ3n) is 6.98. The summed E-state index contributed by atoms with van der Waals surface area (Å²) in [5.74, 6) is -1.77. The summed E-state index contributed by atoms with van der Waals surface area (Å²) in [6.07, 6.45) is 6.10. The number of nitrogens with zero attached hydrogens (tertiary/aromatic N) is 5. The number of aromatic amines is 1. The summed E-state index contributed by atoms with van der Waals surface area (Å²) < 4.78 is 9.41. The highest BCUT2D eigenvalue weighted by Crippen LogP contribution is 2.31. The average Bonchev–Trinajstić information content (AvgIpc) is 3.69. The quantitative estimate of drug-likeness (QED) is 0.0615. The van der Waals surface area contributed by atoms with E-state index in [0.717, 1.165) is 41.9 Å². The molecule has 334 valence electrons. The van der Waals surface area contributed by atoms with Gasteiger partial charge in [0.1, 0.15) is 11.1 Å². The van der Waals surface area contributed by atoms with Crippen LogP contribution in [0.15, 0.2) is 54.9 Å². The van der Waals surface area contributed by atoms with Gasteiger partial charge in [-0.25, -0.2) is 9.59 Å². The summed E-state index contributed by atoms with van der Waals surface area (Å²) in [6.45, 7) is 18.7. The summed E-state index contributed by atoms with van der Waals surface area (Å²) in [4.78, 5) is 84.7. The summed E-state index contributed by atoms with van der Waals surface area (Å²) in [5, 5.41) is 44.8. The molecule has 0 aliphatic heterocycles. The molecule has 0 unspecified atom stereocenters. The highest BCUT2D eigenvalue weighted by molar-refractivity contribution is 5.96.